The second-order valence-corrected chi connectivity index (χ2v) is 7.07. The first-order chi connectivity index (χ1) is 11.6. The molecule has 6 nitrogen and oxygen atoms in total. The van der Waals surface area contributed by atoms with Crippen LogP contribution in [0, 0.1) is 5.92 Å². The van der Waals surface area contributed by atoms with Gasteiger partial charge < -0.3 is 15.4 Å². The molecule has 1 atom stereocenters. The molecule has 128 valence electrons. The summed E-state index contributed by atoms with van der Waals surface area (Å²) in [5.74, 6) is 1.06. The van der Waals surface area contributed by atoms with Crippen LogP contribution in [0.1, 0.15) is 43.3 Å². The minimum absolute atomic E-state index is 0.00489. The summed E-state index contributed by atoms with van der Waals surface area (Å²) in [5, 5.41) is 8.85. The third kappa shape index (κ3) is 4.44. The van der Waals surface area contributed by atoms with Crippen LogP contribution in [0.2, 0.25) is 0 Å². The Bertz CT molecular complexity index is 671. The number of nitrogens with one attached hydrogen (secondary N) is 2. The van der Waals surface area contributed by atoms with Gasteiger partial charge in [-0.05, 0) is 38.7 Å². The Kier molecular flexibility index (Phi) is 5.30. The number of carbonyl (C=O) groups excluding carboxylic acids is 1. The number of aromatic nitrogens is 2. The van der Waals surface area contributed by atoms with Crippen LogP contribution in [0.3, 0.4) is 0 Å². The van der Waals surface area contributed by atoms with Crippen LogP contribution in [-0.4, -0.2) is 22.1 Å². The molecule has 0 radical (unpaired) electrons. The molecule has 0 saturated heterocycles. The van der Waals surface area contributed by atoms with Gasteiger partial charge in [-0.1, -0.05) is 6.07 Å². The van der Waals surface area contributed by atoms with Gasteiger partial charge in [0.15, 0.2) is 0 Å². The first-order valence-electron chi connectivity index (χ1n) is 8.18. The Morgan fingerprint density at radius 3 is 2.88 bits per heavy atom. The van der Waals surface area contributed by atoms with Gasteiger partial charge in [-0.2, -0.15) is 0 Å². The quantitative estimate of drug-likeness (QED) is 0.807. The zero-order valence-electron chi connectivity index (χ0n) is 13.9. The van der Waals surface area contributed by atoms with Crippen molar-refractivity contribution in [1.82, 2.24) is 20.6 Å². The molecule has 1 unspecified atom stereocenters. The molecule has 1 aliphatic carbocycles. The highest BCUT2D eigenvalue weighted by Crippen LogP contribution is 2.41. The predicted octanol–water partition coefficient (Wildman–Crippen LogP) is 3.28. The van der Waals surface area contributed by atoms with Crippen LogP contribution >= 0.6 is 11.3 Å². The second-order valence-electron chi connectivity index (χ2n) is 6.15. The van der Waals surface area contributed by atoms with Gasteiger partial charge in [0, 0.05) is 29.9 Å². The fourth-order valence-electron chi connectivity index (χ4n) is 2.45. The lowest BCUT2D eigenvalue weighted by Crippen LogP contribution is -2.38. The minimum atomic E-state index is -0.193. The van der Waals surface area contributed by atoms with E-state index in [9.17, 15) is 4.79 Å². The molecular weight excluding hydrogens is 324 g/mol. The van der Waals surface area contributed by atoms with E-state index in [0.29, 0.717) is 18.3 Å². The fourth-order valence-corrected chi connectivity index (χ4v) is 3.24. The number of nitrogens with zero attached hydrogens (tertiary/aromatic N) is 2. The predicted molar refractivity (Wildman–Crippen MR) is 93.0 cm³/mol. The number of thiazole rings is 1. The number of pyridine rings is 1. The lowest BCUT2D eigenvalue weighted by Gasteiger charge is -2.17. The Labute approximate surface area is 145 Å². The molecule has 3 rings (SSSR count). The molecule has 2 aromatic heterocycles. The Morgan fingerprint density at radius 2 is 2.21 bits per heavy atom. The van der Waals surface area contributed by atoms with Gasteiger partial charge in [-0.25, -0.2) is 14.8 Å². The first-order valence-corrected chi connectivity index (χ1v) is 9.05. The van der Waals surface area contributed by atoms with E-state index < -0.39 is 0 Å². The number of rotatable bonds is 7. The molecule has 0 bridgehead atoms. The average molecular weight is 346 g/mol. The molecule has 7 heteroatoms. The number of hydrogen-bond acceptors (Lipinski definition) is 5. The van der Waals surface area contributed by atoms with Crippen LogP contribution in [-0.2, 0) is 6.54 Å². The molecule has 2 aromatic rings. The van der Waals surface area contributed by atoms with Crippen LogP contribution in [0.25, 0.3) is 0 Å². The molecule has 2 heterocycles. The van der Waals surface area contributed by atoms with Crippen molar-refractivity contribution < 1.29 is 9.53 Å². The van der Waals surface area contributed by atoms with Crippen molar-refractivity contribution in [3.63, 3.8) is 0 Å². The van der Waals surface area contributed by atoms with Crippen molar-refractivity contribution in [3.8, 4) is 5.88 Å². The van der Waals surface area contributed by atoms with Crippen molar-refractivity contribution in [3.05, 3.63) is 40.5 Å². The van der Waals surface area contributed by atoms with Gasteiger partial charge in [0.1, 0.15) is 5.01 Å². The molecule has 1 aliphatic rings. The van der Waals surface area contributed by atoms with E-state index in [1.54, 1.807) is 23.7 Å². The van der Waals surface area contributed by atoms with E-state index in [1.165, 1.54) is 0 Å². The monoisotopic (exact) mass is 346 g/mol. The maximum atomic E-state index is 12.3. The summed E-state index contributed by atoms with van der Waals surface area (Å²) in [6.07, 6.45) is 5.78. The third-order valence-electron chi connectivity index (χ3n) is 3.73. The third-order valence-corrected chi connectivity index (χ3v) is 4.59. The van der Waals surface area contributed by atoms with E-state index in [0.717, 1.165) is 23.4 Å². The number of carbonyl (C=O) groups is 1. The van der Waals surface area contributed by atoms with Crippen LogP contribution in [0.15, 0.2) is 29.9 Å². The molecule has 2 N–H and O–H groups in total. The average Bonchev–Trinajstić information content (AvgIpc) is 3.25. The van der Waals surface area contributed by atoms with Gasteiger partial charge in [-0.15, -0.1) is 11.3 Å². The highest BCUT2D eigenvalue weighted by atomic mass is 32.1. The molecule has 0 aromatic carbocycles. The Morgan fingerprint density at radius 1 is 1.38 bits per heavy atom. The van der Waals surface area contributed by atoms with Gasteiger partial charge in [0.25, 0.3) is 0 Å². The van der Waals surface area contributed by atoms with E-state index in [1.807, 2.05) is 31.4 Å². The van der Waals surface area contributed by atoms with Crippen molar-refractivity contribution in [2.75, 3.05) is 0 Å². The summed E-state index contributed by atoms with van der Waals surface area (Å²) < 4.78 is 5.67. The molecule has 1 saturated carbocycles. The SMILES string of the molecule is CC(C)Oc1ncccc1CNC(=O)NC(c1nccs1)C1CC1. The summed E-state index contributed by atoms with van der Waals surface area (Å²) in [6.45, 7) is 4.27. The number of ether oxygens (including phenoxy) is 1. The van der Waals surface area contributed by atoms with Crippen LogP contribution in [0.4, 0.5) is 4.79 Å². The van der Waals surface area contributed by atoms with Gasteiger partial charge in [0.2, 0.25) is 5.88 Å². The smallest absolute Gasteiger partial charge is 0.315 e. The van der Waals surface area contributed by atoms with Crippen molar-refractivity contribution >= 4 is 17.4 Å². The summed E-state index contributed by atoms with van der Waals surface area (Å²) in [6, 6.07) is 3.56. The lowest BCUT2D eigenvalue weighted by atomic mass is 10.2. The van der Waals surface area contributed by atoms with E-state index in [2.05, 4.69) is 20.6 Å². The molecule has 0 spiro atoms. The summed E-state index contributed by atoms with van der Waals surface area (Å²) in [4.78, 5) is 20.9. The number of hydrogen-bond donors (Lipinski definition) is 2. The van der Waals surface area contributed by atoms with Gasteiger partial charge >= 0.3 is 6.03 Å². The molecule has 1 fully saturated rings. The maximum Gasteiger partial charge on any atom is 0.315 e. The van der Waals surface area contributed by atoms with Gasteiger partial charge in [-0.3, -0.25) is 0 Å². The summed E-state index contributed by atoms with van der Waals surface area (Å²) >= 11 is 1.58. The molecule has 2 amide bonds. The standard InChI is InChI=1S/C17H22N4O2S/c1-11(2)23-15-13(4-3-7-18-15)10-20-17(22)21-14(12-5-6-12)16-19-8-9-24-16/h3-4,7-9,11-12,14H,5-6,10H2,1-2H3,(H2,20,21,22). The van der Waals surface area contributed by atoms with E-state index in [-0.39, 0.29) is 18.2 Å². The largest absolute Gasteiger partial charge is 0.475 e. The van der Waals surface area contributed by atoms with Crippen LogP contribution < -0.4 is 15.4 Å². The second kappa shape index (κ2) is 7.61. The van der Waals surface area contributed by atoms with E-state index in [4.69, 9.17) is 4.74 Å². The lowest BCUT2D eigenvalue weighted by molar-refractivity contribution is 0.227. The number of urea groups is 1. The topological polar surface area (TPSA) is 76.1 Å². The summed E-state index contributed by atoms with van der Waals surface area (Å²) in [5.41, 5.74) is 0.860. The zero-order chi connectivity index (χ0) is 16.9. The molecule has 24 heavy (non-hydrogen) atoms. The summed E-state index contributed by atoms with van der Waals surface area (Å²) in [7, 11) is 0. The number of amides is 2. The van der Waals surface area contributed by atoms with E-state index >= 15 is 0 Å². The fraction of sp³-hybridized carbons (Fsp3) is 0.471. The minimum Gasteiger partial charge on any atom is -0.475 e. The zero-order valence-corrected chi connectivity index (χ0v) is 14.7. The van der Waals surface area contributed by atoms with Gasteiger partial charge in [0.05, 0.1) is 12.1 Å². The van der Waals surface area contributed by atoms with Crippen molar-refractivity contribution in [2.45, 2.75) is 45.4 Å². The van der Waals surface area contributed by atoms with Crippen LogP contribution in [0.5, 0.6) is 5.88 Å². The first kappa shape index (κ1) is 16.7. The van der Waals surface area contributed by atoms with Crippen molar-refractivity contribution in [2.24, 2.45) is 5.92 Å². The highest BCUT2D eigenvalue weighted by molar-refractivity contribution is 7.09. The molecule has 0 aliphatic heterocycles. The van der Waals surface area contributed by atoms with Crippen molar-refractivity contribution in [1.29, 1.82) is 0 Å². The Hall–Kier alpha value is -2.15. The molecular formula is C17H22N4O2S. The Balaban J connectivity index is 1.57. The maximum absolute atomic E-state index is 12.3. The highest BCUT2D eigenvalue weighted by Gasteiger charge is 2.34. The normalized spacial score (nSPS) is 15.1.